The summed E-state index contributed by atoms with van der Waals surface area (Å²) in [5, 5.41) is 22.8. The molecule has 104 valence electrons. The van der Waals surface area contributed by atoms with Gasteiger partial charge < -0.3 is 20.8 Å². The molecule has 0 heterocycles. The molecule has 18 heavy (non-hydrogen) atoms. The van der Waals surface area contributed by atoms with Gasteiger partial charge in [0.25, 0.3) is 0 Å². The number of carboxylic acid groups (broad SMARTS) is 1. The second-order valence-electron chi connectivity index (χ2n) is 5.27. The van der Waals surface area contributed by atoms with Crippen LogP contribution in [0.15, 0.2) is 0 Å². The molecule has 1 aliphatic carbocycles. The Balaban J connectivity index is 2.13. The van der Waals surface area contributed by atoms with Crippen LogP contribution in [0.2, 0.25) is 0 Å². The highest BCUT2D eigenvalue weighted by molar-refractivity contribution is 5.74. The number of aliphatic carboxylic acids is 1. The van der Waals surface area contributed by atoms with Gasteiger partial charge in [0.15, 0.2) is 6.10 Å². The van der Waals surface area contributed by atoms with Gasteiger partial charge in [0.05, 0.1) is 0 Å². The van der Waals surface area contributed by atoms with Crippen LogP contribution in [0.4, 0.5) is 4.79 Å². The fourth-order valence-electron chi connectivity index (χ4n) is 1.88. The predicted octanol–water partition coefficient (Wildman–Crippen LogP) is 0.557. The molecule has 0 unspecified atom stereocenters. The molecule has 0 spiro atoms. The molecule has 6 nitrogen and oxygen atoms in total. The van der Waals surface area contributed by atoms with Crippen LogP contribution in [-0.2, 0) is 4.79 Å². The number of aliphatic hydroxyl groups excluding tert-OH is 1. The first-order valence-corrected chi connectivity index (χ1v) is 6.30. The minimum Gasteiger partial charge on any atom is -0.479 e. The van der Waals surface area contributed by atoms with Gasteiger partial charge in [-0.25, -0.2) is 9.59 Å². The van der Waals surface area contributed by atoms with Crippen molar-refractivity contribution in [3.05, 3.63) is 0 Å². The summed E-state index contributed by atoms with van der Waals surface area (Å²) >= 11 is 0. The molecule has 4 N–H and O–H groups in total. The van der Waals surface area contributed by atoms with Crippen molar-refractivity contribution in [2.24, 2.45) is 11.3 Å². The predicted molar refractivity (Wildman–Crippen MR) is 66.2 cm³/mol. The molecule has 0 aromatic heterocycles. The Morgan fingerprint density at radius 3 is 2.33 bits per heavy atom. The maximum Gasteiger partial charge on any atom is 0.332 e. The van der Waals surface area contributed by atoms with Crippen LogP contribution >= 0.6 is 0 Å². The lowest BCUT2D eigenvalue weighted by Crippen LogP contribution is -2.41. The summed E-state index contributed by atoms with van der Waals surface area (Å²) in [6.07, 6.45) is 0.874. The van der Waals surface area contributed by atoms with Crippen molar-refractivity contribution in [2.75, 3.05) is 13.1 Å². The number of urea groups is 1. The largest absolute Gasteiger partial charge is 0.479 e. The lowest BCUT2D eigenvalue weighted by Gasteiger charge is -2.20. The Morgan fingerprint density at radius 2 is 1.89 bits per heavy atom. The van der Waals surface area contributed by atoms with Gasteiger partial charge in [-0.2, -0.15) is 0 Å². The highest BCUT2D eigenvalue weighted by Crippen LogP contribution is 2.51. The summed E-state index contributed by atoms with van der Waals surface area (Å²) < 4.78 is 0. The minimum atomic E-state index is -1.42. The van der Waals surface area contributed by atoms with E-state index in [1.807, 2.05) is 0 Å². The standard InChI is InChI=1S/C12H22N2O4/c1-8(2)12(4-5-12)7-14-11(18)13-6-3-9(15)10(16)17/h8-9,15H,3-7H2,1-2H3,(H,16,17)(H2,13,14,18)/t9-/m0/s1. The zero-order chi connectivity index (χ0) is 13.8. The number of carbonyl (C=O) groups is 2. The zero-order valence-corrected chi connectivity index (χ0v) is 10.9. The van der Waals surface area contributed by atoms with Crippen molar-refractivity contribution in [1.82, 2.24) is 10.6 Å². The molecule has 1 saturated carbocycles. The molecule has 0 aliphatic heterocycles. The van der Waals surface area contributed by atoms with Crippen LogP contribution < -0.4 is 10.6 Å². The number of carbonyl (C=O) groups excluding carboxylic acids is 1. The minimum absolute atomic E-state index is 0.0120. The van der Waals surface area contributed by atoms with E-state index in [9.17, 15) is 9.59 Å². The Hall–Kier alpha value is -1.30. The molecule has 0 aromatic carbocycles. The van der Waals surface area contributed by atoms with E-state index in [1.165, 1.54) is 0 Å². The maximum absolute atomic E-state index is 11.4. The molecule has 0 radical (unpaired) electrons. The van der Waals surface area contributed by atoms with E-state index in [4.69, 9.17) is 10.2 Å². The first kappa shape index (κ1) is 14.8. The van der Waals surface area contributed by atoms with E-state index >= 15 is 0 Å². The first-order chi connectivity index (χ1) is 8.37. The molecular formula is C12H22N2O4. The van der Waals surface area contributed by atoms with Gasteiger partial charge in [-0.05, 0) is 24.2 Å². The second kappa shape index (κ2) is 6.04. The summed E-state index contributed by atoms with van der Waals surface area (Å²) in [5.74, 6) is -0.722. The van der Waals surface area contributed by atoms with E-state index in [0.717, 1.165) is 12.8 Å². The van der Waals surface area contributed by atoms with Crippen molar-refractivity contribution < 1.29 is 19.8 Å². The summed E-state index contributed by atoms with van der Waals surface area (Å²) in [4.78, 5) is 21.8. The molecule has 6 heteroatoms. The van der Waals surface area contributed by atoms with Gasteiger partial charge in [0, 0.05) is 19.5 Å². The normalized spacial score (nSPS) is 18.2. The highest BCUT2D eigenvalue weighted by Gasteiger charge is 2.45. The quantitative estimate of drug-likeness (QED) is 0.536. The fourth-order valence-corrected chi connectivity index (χ4v) is 1.88. The lowest BCUT2D eigenvalue weighted by atomic mass is 9.92. The number of aliphatic hydroxyl groups is 1. The Kier molecular flexibility index (Phi) is 4.95. The summed E-state index contributed by atoms with van der Waals surface area (Å²) in [6, 6.07) is -0.306. The molecule has 0 bridgehead atoms. The molecular weight excluding hydrogens is 236 g/mol. The van der Waals surface area contributed by atoms with Crippen molar-refractivity contribution in [2.45, 2.75) is 39.2 Å². The molecule has 1 atom stereocenters. The molecule has 1 fully saturated rings. The number of hydrogen-bond acceptors (Lipinski definition) is 3. The van der Waals surface area contributed by atoms with E-state index in [1.54, 1.807) is 0 Å². The number of carboxylic acids is 1. The molecule has 1 rings (SSSR count). The van der Waals surface area contributed by atoms with Gasteiger partial charge >= 0.3 is 12.0 Å². The van der Waals surface area contributed by atoms with Crippen LogP contribution in [0.1, 0.15) is 33.1 Å². The third-order valence-electron chi connectivity index (χ3n) is 3.71. The van der Waals surface area contributed by atoms with E-state index in [-0.39, 0.29) is 24.4 Å². The Morgan fingerprint density at radius 1 is 1.28 bits per heavy atom. The molecule has 2 amide bonds. The molecule has 1 aliphatic rings. The smallest absolute Gasteiger partial charge is 0.332 e. The van der Waals surface area contributed by atoms with E-state index < -0.39 is 12.1 Å². The Labute approximate surface area is 107 Å². The van der Waals surface area contributed by atoms with Crippen LogP contribution in [-0.4, -0.2) is 41.4 Å². The van der Waals surface area contributed by atoms with Crippen molar-refractivity contribution in [3.8, 4) is 0 Å². The van der Waals surface area contributed by atoms with E-state index in [0.29, 0.717) is 12.5 Å². The topological polar surface area (TPSA) is 98.7 Å². The third-order valence-corrected chi connectivity index (χ3v) is 3.71. The van der Waals surface area contributed by atoms with Gasteiger partial charge in [-0.3, -0.25) is 0 Å². The van der Waals surface area contributed by atoms with Gasteiger partial charge in [0.2, 0.25) is 0 Å². The summed E-state index contributed by atoms with van der Waals surface area (Å²) in [6.45, 7) is 5.09. The number of amides is 2. The number of nitrogens with one attached hydrogen (secondary N) is 2. The van der Waals surface area contributed by atoms with Gasteiger partial charge in [-0.15, -0.1) is 0 Å². The summed E-state index contributed by atoms with van der Waals surface area (Å²) in [7, 11) is 0. The number of rotatable bonds is 7. The van der Waals surface area contributed by atoms with Crippen molar-refractivity contribution >= 4 is 12.0 Å². The lowest BCUT2D eigenvalue weighted by molar-refractivity contribution is -0.146. The molecule has 0 aromatic rings. The molecule has 0 saturated heterocycles. The highest BCUT2D eigenvalue weighted by atomic mass is 16.4. The zero-order valence-electron chi connectivity index (χ0n) is 10.9. The van der Waals surface area contributed by atoms with Gasteiger partial charge in [0.1, 0.15) is 0 Å². The van der Waals surface area contributed by atoms with E-state index in [2.05, 4.69) is 24.5 Å². The van der Waals surface area contributed by atoms with Crippen LogP contribution in [0.3, 0.4) is 0 Å². The van der Waals surface area contributed by atoms with Gasteiger partial charge in [-0.1, -0.05) is 13.8 Å². The SMILES string of the molecule is CC(C)C1(CNC(=O)NCC[C@H](O)C(=O)O)CC1. The first-order valence-electron chi connectivity index (χ1n) is 6.30. The fraction of sp³-hybridized carbons (Fsp3) is 0.833. The number of hydrogen-bond donors (Lipinski definition) is 4. The average Bonchev–Trinajstić information content (AvgIpc) is 3.07. The van der Waals surface area contributed by atoms with Crippen molar-refractivity contribution in [1.29, 1.82) is 0 Å². The third kappa shape index (κ3) is 4.18. The Bertz CT molecular complexity index is 313. The van der Waals surface area contributed by atoms with Crippen LogP contribution in [0.25, 0.3) is 0 Å². The second-order valence-corrected chi connectivity index (χ2v) is 5.27. The van der Waals surface area contributed by atoms with Crippen molar-refractivity contribution in [3.63, 3.8) is 0 Å². The monoisotopic (exact) mass is 258 g/mol. The maximum atomic E-state index is 11.4. The average molecular weight is 258 g/mol. The van der Waals surface area contributed by atoms with Crippen LogP contribution in [0, 0.1) is 11.3 Å². The van der Waals surface area contributed by atoms with Crippen LogP contribution in [0.5, 0.6) is 0 Å². The summed E-state index contributed by atoms with van der Waals surface area (Å²) in [5.41, 5.74) is 0.248.